The second-order valence-electron chi connectivity index (χ2n) is 2.99. The summed E-state index contributed by atoms with van der Waals surface area (Å²) >= 11 is 0. The zero-order valence-electron chi connectivity index (χ0n) is 8.63. The van der Waals surface area contributed by atoms with Crippen LogP contribution >= 0.6 is 0 Å². The standard InChI is InChI=1S/C7H13BFN3O3/c1-5(9)6(8)15-7(3-13,4-14-2)11-12-10/h5-6,13H,3-4H2,1-2H3/t5-,6+,7-/m0/s1. The Balaban J connectivity index is 4.67. The molecule has 0 aliphatic carbocycles. The van der Waals surface area contributed by atoms with Gasteiger partial charge in [-0.25, -0.2) is 4.39 Å². The molecule has 0 aliphatic rings. The van der Waals surface area contributed by atoms with E-state index in [-0.39, 0.29) is 6.61 Å². The maximum absolute atomic E-state index is 12.7. The molecule has 0 heterocycles. The maximum atomic E-state index is 12.7. The zero-order valence-corrected chi connectivity index (χ0v) is 8.63. The van der Waals surface area contributed by atoms with E-state index in [1.807, 2.05) is 0 Å². The van der Waals surface area contributed by atoms with Crippen molar-refractivity contribution in [2.75, 3.05) is 20.3 Å². The number of rotatable bonds is 7. The van der Waals surface area contributed by atoms with Gasteiger partial charge in [-0.3, -0.25) is 0 Å². The van der Waals surface area contributed by atoms with Crippen molar-refractivity contribution in [2.45, 2.75) is 24.8 Å². The SMILES string of the molecule is [B][C@H](O[C@@](CO)(COC)N=[N+]=[N-])[C@H](C)F. The van der Waals surface area contributed by atoms with Gasteiger partial charge >= 0.3 is 0 Å². The van der Waals surface area contributed by atoms with Crippen LogP contribution in [0.4, 0.5) is 4.39 Å². The first-order chi connectivity index (χ1) is 7.01. The van der Waals surface area contributed by atoms with Gasteiger partial charge in [-0.1, -0.05) is 5.11 Å². The smallest absolute Gasteiger partial charge is 0.192 e. The topological polar surface area (TPSA) is 87.5 Å². The molecule has 0 rings (SSSR count). The first-order valence-electron chi connectivity index (χ1n) is 4.25. The molecule has 0 aromatic heterocycles. The van der Waals surface area contributed by atoms with Gasteiger partial charge in [0.05, 0.1) is 13.2 Å². The highest BCUT2D eigenvalue weighted by molar-refractivity contribution is 6.11. The number of aliphatic hydroxyl groups excluding tert-OH is 1. The van der Waals surface area contributed by atoms with Gasteiger partial charge < -0.3 is 14.6 Å². The molecule has 0 saturated carbocycles. The molecule has 0 saturated heterocycles. The quantitative estimate of drug-likeness (QED) is 0.291. The van der Waals surface area contributed by atoms with Crippen LogP contribution in [-0.4, -0.2) is 51.2 Å². The van der Waals surface area contributed by atoms with Crippen LogP contribution in [0, 0.1) is 0 Å². The molecule has 0 fully saturated rings. The lowest BCUT2D eigenvalue weighted by Gasteiger charge is -2.30. The molecule has 0 unspecified atom stereocenters. The summed E-state index contributed by atoms with van der Waals surface area (Å²) in [6, 6.07) is -1.29. The fourth-order valence-electron chi connectivity index (χ4n) is 0.855. The zero-order chi connectivity index (χ0) is 11.9. The third-order valence-electron chi connectivity index (χ3n) is 1.65. The summed E-state index contributed by atoms with van der Waals surface area (Å²) in [7, 11) is 6.62. The minimum Gasteiger partial charge on any atom is -0.393 e. The van der Waals surface area contributed by atoms with Gasteiger partial charge in [-0.2, -0.15) is 0 Å². The van der Waals surface area contributed by atoms with E-state index in [0.717, 1.165) is 0 Å². The lowest BCUT2D eigenvalue weighted by molar-refractivity contribution is -0.135. The molecule has 0 bridgehead atoms. The Hall–Kier alpha value is -0.815. The summed E-state index contributed by atoms with van der Waals surface area (Å²) in [5, 5.41) is 12.2. The van der Waals surface area contributed by atoms with E-state index in [0.29, 0.717) is 0 Å². The third-order valence-corrected chi connectivity index (χ3v) is 1.65. The molecule has 0 spiro atoms. The summed E-state index contributed by atoms with van der Waals surface area (Å²) < 4.78 is 22.4. The van der Waals surface area contributed by atoms with Crippen molar-refractivity contribution in [2.24, 2.45) is 5.11 Å². The first-order valence-corrected chi connectivity index (χ1v) is 4.25. The first kappa shape index (κ1) is 14.2. The molecule has 0 amide bonds. The molecule has 15 heavy (non-hydrogen) atoms. The number of ether oxygens (including phenoxy) is 2. The van der Waals surface area contributed by atoms with Crippen molar-refractivity contribution < 1.29 is 19.0 Å². The molecule has 0 aromatic rings. The number of hydrogen-bond donors (Lipinski definition) is 1. The molecular formula is C7H13BFN3O3. The predicted octanol–water partition coefficient (Wildman–Crippen LogP) is 0.501. The second-order valence-corrected chi connectivity index (χ2v) is 2.99. The molecule has 84 valence electrons. The van der Waals surface area contributed by atoms with Crippen LogP contribution in [0.1, 0.15) is 6.92 Å². The lowest BCUT2D eigenvalue weighted by atomic mass is 9.95. The van der Waals surface area contributed by atoms with Crippen molar-refractivity contribution in [1.29, 1.82) is 0 Å². The van der Waals surface area contributed by atoms with Crippen molar-refractivity contribution in [1.82, 2.24) is 0 Å². The second kappa shape index (κ2) is 6.63. The number of alkyl halides is 1. The number of hydrogen-bond acceptors (Lipinski definition) is 4. The van der Waals surface area contributed by atoms with E-state index < -0.39 is 24.5 Å². The predicted molar refractivity (Wildman–Crippen MR) is 52.0 cm³/mol. The van der Waals surface area contributed by atoms with E-state index in [9.17, 15) is 4.39 Å². The van der Waals surface area contributed by atoms with Crippen LogP contribution in [0.2, 0.25) is 0 Å². The van der Waals surface area contributed by atoms with Crippen LogP contribution in [0.3, 0.4) is 0 Å². The average molecular weight is 217 g/mol. The Bertz CT molecular complexity index is 238. The van der Waals surface area contributed by atoms with Crippen LogP contribution in [0.5, 0.6) is 0 Å². The fraction of sp³-hybridized carbons (Fsp3) is 1.00. The molecule has 1 N–H and O–H groups in total. The average Bonchev–Trinajstić information content (AvgIpc) is 2.18. The third kappa shape index (κ3) is 4.48. The number of methoxy groups -OCH3 is 1. The summed E-state index contributed by atoms with van der Waals surface area (Å²) in [5.74, 6) is 0. The number of nitrogens with zero attached hydrogens (tertiary/aromatic N) is 3. The normalized spacial score (nSPS) is 18.7. The lowest BCUT2D eigenvalue weighted by Crippen LogP contribution is -2.44. The number of aliphatic hydroxyl groups is 1. The van der Waals surface area contributed by atoms with E-state index in [1.54, 1.807) is 0 Å². The molecule has 0 aliphatic heterocycles. The van der Waals surface area contributed by atoms with Crippen LogP contribution in [0.15, 0.2) is 5.11 Å². The van der Waals surface area contributed by atoms with Gasteiger partial charge in [0, 0.05) is 18.0 Å². The van der Waals surface area contributed by atoms with Crippen molar-refractivity contribution in [3.63, 3.8) is 0 Å². The van der Waals surface area contributed by atoms with E-state index in [4.69, 9.17) is 28.0 Å². The van der Waals surface area contributed by atoms with E-state index in [2.05, 4.69) is 10.0 Å². The molecule has 6 nitrogen and oxygen atoms in total. The van der Waals surface area contributed by atoms with Gasteiger partial charge in [-0.15, -0.1) is 0 Å². The number of halogens is 1. The monoisotopic (exact) mass is 217 g/mol. The Labute approximate surface area is 88.4 Å². The maximum Gasteiger partial charge on any atom is 0.192 e. The summed E-state index contributed by atoms with van der Waals surface area (Å²) in [4.78, 5) is 2.49. The highest BCUT2D eigenvalue weighted by atomic mass is 19.1. The van der Waals surface area contributed by atoms with Crippen molar-refractivity contribution in [3.05, 3.63) is 10.4 Å². The van der Waals surface area contributed by atoms with Gasteiger partial charge in [-0.05, 0) is 12.5 Å². The summed E-state index contributed by atoms with van der Waals surface area (Å²) in [6.07, 6.45) is -1.46. The molecule has 0 aromatic carbocycles. The molecule has 2 radical (unpaired) electrons. The summed E-state index contributed by atoms with van der Waals surface area (Å²) in [6.45, 7) is 0.328. The molecular weight excluding hydrogens is 204 g/mol. The minimum atomic E-state index is -1.68. The van der Waals surface area contributed by atoms with E-state index >= 15 is 0 Å². The number of azide groups is 1. The van der Waals surface area contributed by atoms with Crippen LogP contribution in [0.25, 0.3) is 10.4 Å². The highest BCUT2D eigenvalue weighted by Crippen LogP contribution is 2.17. The Morgan fingerprint density at radius 1 is 1.73 bits per heavy atom. The summed E-state index contributed by atoms with van der Waals surface area (Å²) in [5.41, 5.74) is 6.61. The van der Waals surface area contributed by atoms with Gasteiger partial charge in [0.2, 0.25) is 0 Å². The molecule has 8 heteroatoms. The van der Waals surface area contributed by atoms with Crippen molar-refractivity contribution >= 4 is 7.85 Å². The largest absolute Gasteiger partial charge is 0.393 e. The minimum absolute atomic E-state index is 0.214. The van der Waals surface area contributed by atoms with Gasteiger partial charge in [0.15, 0.2) is 5.72 Å². The van der Waals surface area contributed by atoms with E-state index in [1.165, 1.54) is 14.0 Å². The van der Waals surface area contributed by atoms with Crippen molar-refractivity contribution in [3.8, 4) is 0 Å². The van der Waals surface area contributed by atoms with Gasteiger partial charge in [0.1, 0.15) is 14.0 Å². The fourth-order valence-corrected chi connectivity index (χ4v) is 0.855. The highest BCUT2D eigenvalue weighted by Gasteiger charge is 2.32. The van der Waals surface area contributed by atoms with Gasteiger partial charge in [0.25, 0.3) is 0 Å². The Morgan fingerprint density at radius 3 is 2.67 bits per heavy atom. The molecule has 3 atom stereocenters. The van der Waals surface area contributed by atoms with Crippen LogP contribution < -0.4 is 0 Å². The van der Waals surface area contributed by atoms with Crippen LogP contribution in [-0.2, 0) is 9.47 Å². The Kier molecular flexibility index (Phi) is 6.27. The Morgan fingerprint density at radius 2 is 2.33 bits per heavy atom.